The average Bonchev–Trinajstić information content (AvgIpc) is 2.60. The van der Waals surface area contributed by atoms with E-state index in [2.05, 4.69) is 45.8 Å². The predicted molar refractivity (Wildman–Crippen MR) is 63.3 cm³/mol. The van der Waals surface area contributed by atoms with Crippen molar-refractivity contribution in [2.45, 2.75) is 24.9 Å². The van der Waals surface area contributed by atoms with Gasteiger partial charge in [-0.1, -0.05) is 0 Å². The Balaban J connectivity index is 1.86. The molecule has 0 saturated heterocycles. The first-order valence-corrected chi connectivity index (χ1v) is 5.68. The molecule has 0 spiro atoms. The van der Waals surface area contributed by atoms with Gasteiger partial charge in [-0.2, -0.15) is 0 Å². The van der Waals surface area contributed by atoms with E-state index in [1.165, 1.54) is 12.8 Å². The highest BCUT2D eigenvalue weighted by molar-refractivity contribution is 5.74. The van der Waals surface area contributed by atoms with Crippen LogP contribution in [0.25, 0.3) is 11.0 Å². The van der Waals surface area contributed by atoms with Gasteiger partial charge in [0.2, 0.25) is 0 Å². The molecule has 84 valence electrons. The zero-order chi connectivity index (χ0) is 11.1. The third-order valence-electron chi connectivity index (χ3n) is 3.59. The number of fused-ring (bicyclic) bond motifs is 1. The third kappa shape index (κ3) is 1.41. The van der Waals surface area contributed by atoms with Crippen molar-refractivity contribution in [3.63, 3.8) is 0 Å². The molecule has 2 aromatic heterocycles. The lowest BCUT2D eigenvalue weighted by Crippen LogP contribution is -2.41. The number of hydrogen-bond donors (Lipinski definition) is 0. The SMILES string of the molecule is CN(C)C1CC(n2ccc3cncnc32)C1. The minimum absolute atomic E-state index is 0.611. The van der Waals surface area contributed by atoms with E-state index >= 15 is 0 Å². The quantitative estimate of drug-likeness (QED) is 0.766. The molecule has 0 radical (unpaired) electrons. The van der Waals surface area contributed by atoms with Crippen molar-refractivity contribution in [3.8, 4) is 0 Å². The second-order valence-electron chi connectivity index (χ2n) is 4.77. The van der Waals surface area contributed by atoms with E-state index in [1.54, 1.807) is 6.33 Å². The summed E-state index contributed by atoms with van der Waals surface area (Å²) in [6.07, 6.45) is 8.08. The molecule has 0 N–H and O–H groups in total. The lowest BCUT2D eigenvalue weighted by atomic mass is 9.86. The number of aromatic nitrogens is 3. The Hall–Kier alpha value is -1.42. The molecule has 0 aromatic carbocycles. The number of nitrogens with zero attached hydrogens (tertiary/aromatic N) is 4. The molecule has 3 rings (SSSR count). The maximum Gasteiger partial charge on any atom is 0.143 e. The molecule has 1 fully saturated rings. The van der Waals surface area contributed by atoms with E-state index in [4.69, 9.17) is 0 Å². The fourth-order valence-corrected chi connectivity index (χ4v) is 2.40. The van der Waals surface area contributed by atoms with Gasteiger partial charge in [-0.3, -0.25) is 0 Å². The van der Waals surface area contributed by atoms with Crippen LogP contribution in [0.1, 0.15) is 18.9 Å². The summed E-state index contributed by atoms with van der Waals surface area (Å²) in [5, 5.41) is 1.14. The molecule has 2 aromatic rings. The van der Waals surface area contributed by atoms with E-state index in [0.29, 0.717) is 6.04 Å². The van der Waals surface area contributed by atoms with Gasteiger partial charge in [0, 0.05) is 29.9 Å². The normalized spacial score (nSPS) is 24.9. The monoisotopic (exact) mass is 216 g/mol. The fraction of sp³-hybridized carbons (Fsp3) is 0.500. The van der Waals surface area contributed by atoms with Crippen molar-refractivity contribution in [1.82, 2.24) is 19.4 Å². The molecular formula is C12H16N4. The highest BCUT2D eigenvalue weighted by atomic mass is 15.2. The van der Waals surface area contributed by atoms with E-state index < -0.39 is 0 Å². The Morgan fingerprint density at radius 3 is 2.94 bits per heavy atom. The van der Waals surface area contributed by atoms with Crippen LogP contribution in [0.15, 0.2) is 24.8 Å². The first-order valence-electron chi connectivity index (χ1n) is 5.68. The summed E-state index contributed by atoms with van der Waals surface area (Å²) in [5.41, 5.74) is 1.07. The molecule has 0 atom stereocenters. The lowest BCUT2D eigenvalue weighted by molar-refractivity contribution is 0.131. The Kier molecular flexibility index (Phi) is 2.17. The van der Waals surface area contributed by atoms with Crippen molar-refractivity contribution in [2.24, 2.45) is 0 Å². The van der Waals surface area contributed by atoms with Gasteiger partial charge < -0.3 is 9.47 Å². The molecule has 1 aliphatic rings. The third-order valence-corrected chi connectivity index (χ3v) is 3.59. The minimum Gasteiger partial charge on any atom is -0.329 e. The van der Waals surface area contributed by atoms with Gasteiger partial charge in [-0.05, 0) is 33.0 Å². The summed E-state index contributed by atoms with van der Waals surface area (Å²) < 4.78 is 2.29. The summed E-state index contributed by atoms with van der Waals surface area (Å²) in [6.45, 7) is 0. The Labute approximate surface area is 94.9 Å². The van der Waals surface area contributed by atoms with E-state index in [-0.39, 0.29) is 0 Å². The zero-order valence-corrected chi connectivity index (χ0v) is 9.67. The van der Waals surface area contributed by atoms with Gasteiger partial charge in [0.05, 0.1) is 0 Å². The van der Waals surface area contributed by atoms with Crippen LogP contribution >= 0.6 is 0 Å². The maximum atomic E-state index is 4.35. The number of rotatable bonds is 2. The zero-order valence-electron chi connectivity index (χ0n) is 9.67. The van der Waals surface area contributed by atoms with Crippen LogP contribution in [-0.2, 0) is 0 Å². The van der Waals surface area contributed by atoms with Gasteiger partial charge in [-0.25, -0.2) is 9.97 Å². The van der Waals surface area contributed by atoms with E-state index in [9.17, 15) is 0 Å². The fourth-order valence-electron chi connectivity index (χ4n) is 2.40. The van der Waals surface area contributed by atoms with Crippen LogP contribution in [-0.4, -0.2) is 39.6 Å². The van der Waals surface area contributed by atoms with Crippen LogP contribution in [0.3, 0.4) is 0 Å². The molecule has 0 bridgehead atoms. The molecule has 0 aliphatic heterocycles. The molecule has 16 heavy (non-hydrogen) atoms. The highest BCUT2D eigenvalue weighted by Crippen LogP contribution is 2.36. The molecule has 0 unspecified atom stereocenters. The van der Waals surface area contributed by atoms with Gasteiger partial charge in [0.25, 0.3) is 0 Å². The Bertz CT molecular complexity index is 496. The van der Waals surface area contributed by atoms with Crippen LogP contribution in [0, 0.1) is 0 Å². The van der Waals surface area contributed by atoms with Crippen molar-refractivity contribution in [1.29, 1.82) is 0 Å². The summed E-state index contributed by atoms with van der Waals surface area (Å²) in [6, 6.07) is 3.43. The maximum absolute atomic E-state index is 4.35. The summed E-state index contributed by atoms with van der Waals surface area (Å²) in [7, 11) is 4.30. The van der Waals surface area contributed by atoms with Gasteiger partial charge >= 0.3 is 0 Å². The van der Waals surface area contributed by atoms with Gasteiger partial charge in [0.1, 0.15) is 12.0 Å². The second-order valence-corrected chi connectivity index (χ2v) is 4.77. The van der Waals surface area contributed by atoms with Crippen molar-refractivity contribution < 1.29 is 0 Å². The van der Waals surface area contributed by atoms with Crippen LogP contribution in [0.5, 0.6) is 0 Å². The van der Waals surface area contributed by atoms with Crippen LogP contribution in [0.2, 0.25) is 0 Å². The van der Waals surface area contributed by atoms with Crippen LogP contribution < -0.4 is 0 Å². The average molecular weight is 216 g/mol. The molecule has 1 saturated carbocycles. The van der Waals surface area contributed by atoms with Crippen molar-refractivity contribution in [2.75, 3.05) is 14.1 Å². The largest absolute Gasteiger partial charge is 0.329 e. The standard InChI is InChI=1S/C12H16N4/c1-15(2)10-5-11(6-10)16-4-3-9-7-13-8-14-12(9)16/h3-4,7-8,10-11H,5-6H2,1-2H3. The predicted octanol–water partition coefficient (Wildman–Crippen LogP) is 1.70. The van der Waals surface area contributed by atoms with E-state index in [0.717, 1.165) is 17.1 Å². The molecule has 1 aliphatic carbocycles. The Morgan fingerprint density at radius 2 is 2.19 bits per heavy atom. The minimum atomic E-state index is 0.611. The summed E-state index contributed by atoms with van der Waals surface area (Å²) in [4.78, 5) is 10.7. The Morgan fingerprint density at radius 1 is 1.38 bits per heavy atom. The first kappa shape index (κ1) is 9.78. The molecular weight excluding hydrogens is 200 g/mol. The molecule has 4 nitrogen and oxygen atoms in total. The lowest BCUT2D eigenvalue weighted by Gasteiger charge is -2.40. The number of hydrogen-bond acceptors (Lipinski definition) is 3. The van der Waals surface area contributed by atoms with E-state index in [1.807, 2.05) is 6.20 Å². The topological polar surface area (TPSA) is 34.0 Å². The summed E-state index contributed by atoms with van der Waals surface area (Å²) in [5.74, 6) is 0. The van der Waals surface area contributed by atoms with Crippen molar-refractivity contribution in [3.05, 3.63) is 24.8 Å². The smallest absolute Gasteiger partial charge is 0.143 e. The second kappa shape index (κ2) is 3.56. The van der Waals surface area contributed by atoms with Gasteiger partial charge in [0.15, 0.2) is 0 Å². The first-order chi connectivity index (χ1) is 7.75. The van der Waals surface area contributed by atoms with Crippen LogP contribution in [0.4, 0.5) is 0 Å². The molecule has 4 heteroatoms. The molecule has 0 amide bonds. The van der Waals surface area contributed by atoms with Gasteiger partial charge in [-0.15, -0.1) is 0 Å². The van der Waals surface area contributed by atoms with Crippen molar-refractivity contribution >= 4 is 11.0 Å². The highest BCUT2D eigenvalue weighted by Gasteiger charge is 2.32. The summed E-state index contributed by atoms with van der Waals surface area (Å²) >= 11 is 0. The molecule has 2 heterocycles.